The molecule has 1 N–H and O–H groups in total. The van der Waals surface area contributed by atoms with E-state index in [-0.39, 0.29) is 24.0 Å². The molecule has 2 unspecified atom stereocenters. The van der Waals surface area contributed by atoms with Crippen LogP contribution in [-0.2, 0) is 6.42 Å². The molecule has 3 rings (SSSR count). The summed E-state index contributed by atoms with van der Waals surface area (Å²) in [7, 11) is 0. The van der Waals surface area contributed by atoms with Crippen molar-refractivity contribution in [3.05, 3.63) is 35.8 Å². The van der Waals surface area contributed by atoms with Gasteiger partial charge in [0.2, 0.25) is 0 Å². The predicted molar refractivity (Wildman–Crippen MR) is 120 cm³/mol. The predicted octanol–water partition coefficient (Wildman–Crippen LogP) is 3.75. The molecule has 0 aromatic carbocycles. The van der Waals surface area contributed by atoms with Crippen LogP contribution < -0.4 is 5.32 Å². The first-order valence-corrected chi connectivity index (χ1v) is 9.53. The number of aliphatic imine (C=N–C) groups is 1. The molecule has 3 heterocycles. The van der Waals surface area contributed by atoms with Crippen molar-refractivity contribution in [1.82, 2.24) is 19.6 Å². The number of fused-ring (bicyclic) bond motifs is 1. The summed E-state index contributed by atoms with van der Waals surface area (Å²) in [5.74, 6) is 2.52. The molecule has 2 aromatic rings. The van der Waals surface area contributed by atoms with Gasteiger partial charge < -0.3 is 14.6 Å². The van der Waals surface area contributed by atoms with Crippen LogP contribution in [0.4, 0.5) is 0 Å². The van der Waals surface area contributed by atoms with Crippen molar-refractivity contribution in [3.63, 3.8) is 0 Å². The van der Waals surface area contributed by atoms with Gasteiger partial charge in [-0.1, -0.05) is 19.9 Å². The summed E-state index contributed by atoms with van der Waals surface area (Å²) < 4.78 is 2.10. The number of hydrogen-bond donors (Lipinski definition) is 1. The first-order valence-electron chi connectivity index (χ1n) is 9.53. The second-order valence-corrected chi connectivity index (χ2v) is 7.49. The van der Waals surface area contributed by atoms with Crippen LogP contribution in [0.3, 0.4) is 0 Å². The number of likely N-dealkylation sites (tertiary alicyclic amines) is 1. The molecule has 1 aliphatic heterocycles. The zero-order chi connectivity index (χ0) is 17.8. The fourth-order valence-corrected chi connectivity index (χ4v) is 3.86. The lowest BCUT2D eigenvalue weighted by molar-refractivity contribution is 0.208. The summed E-state index contributed by atoms with van der Waals surface area (Å²) in [5, 5.41) is 3.47. The van der Waals surface area contributed by atoms with Crippen molar-refractivity contribution in [3.8, 4) is 0 Å². The maximum atomic E-state index is 4.88. The van der Waals surface area contributed by atoms with E-state index in [0.29, 0.717) is 0 Å². The Morgan fingerprint density at radius 3 is 2.69 bits per heavy atom. The number of halogens is 1. The van der Waals surface area contributed by atoms with Gasteiger partial charge in [-0.3, -0.25) is 4.99 Å². The van der Waals surface area contributed by atoms with Crippen LogP contribution >= 0.6 is 24.0 Å². The van der Waals surface area contributed by atoms with E-state index in [2.05, 4.69) is 66.8 Å². The molecule has 144 valence electrons. The van der Waals surface area contributed by atoms with Crippen LogP contribution in [0.5, 0.6) is 0 Å². The molecule has 6 heteroatoms. The molecular weight excluding hydrogens is 437 g/mol. The molecule has 2 atom stereocenters. The summed E-state index contributed by atoms with van der Waals surface area (Å²) in [4.78, 5) is 12.1. The van der Waals surface area contributed by atoms with Gasteiger partial charge in [0.1, 0.15) is 5.65 Å². The van der Waals surface area contributed by atoms with E-state index in [1.807, 2.05) is 0 Å². The van der Waals surface area contributed by atoms with Crippen molar-refractivity contribution in [2.75, 3.05) is 26.2 Å². The van der Waals surface area contributed by atoms with Crippen LogP contribution in [0, 0.1) is 18.8 Å². The molecule has 1 saturated heterocycles. The van der Waals surface area contributed by atoms with E-state index in [0.717, 1.165) is 61.7 Å². The van der Waals surface area contributed by atoms with Crippen LogP contribution in [0.2, 0.25) is 0 Å². The van der Waals surface area contributed by atoms with Gasteiger partial charge in [0.25, 0.3) is 0 Å². The second kappa shape index (κ2) is 9.58. The van der Waals surface area contributed by atoms with Crippen molar-refractivity contribution in [1.29, 1.82) is 0 Å². The Hall–Kier alpha value is -1.31. The van der Waals surface area contributed by atoms with Gasteiger partial charge in [-0.25, -0.2) is 4.98 Å². The molecule has 1 aliphatic rings. The number of imidazole rings is 1. The zero-order valence-corrected chi connectivity index (χ0v) is 18.7. The number of hydrogen-bond acceptors (Lipinski definition) is 2. The van der Waals surface area contributed by atoms with E-state index in [9.17, 15) is 0 Å². The number of pyridine rings is 1. The van der Waals surface area contributed by atoms with E-state index in [1.165, 1.54) is 12.0 Å². The van der Waals surface area contributed by atoms with Gasteiger partial charge in [0.15, 0.2) is 5.96 Å². The van der Waals surface area contributed by atoms with Gasteiger partial charge >= 0.3 is 0 Å². The van der Waals surface area contributed by atoms with Crippen LogP contribution in [0.15, 0.2) is 29.5 Å². The number of guanidine groups is 1. The van der Waals surface area contributed by atoms with Crippen molar-refractivity contribution in [2.45, 2.75) is 40.5 Å². The smallest absolute Gasteiger partial charge is 0.193 e. The van der Waals surface area contributed by atoms with Crippen LogP contribution in [0.1, 0.15) is 38.4 Å². The SMILES string of the molecule is CCNC(=NCCc1cn2cccc(C)c2n1)N1CC(C)CC(C)C1.I. The average molecular weight is 469 g/mol. The molecule has 0 bridgehead atoms. The Balaban J connectivity index is 0.00000243. The van der Waals surface area contributed by atoms with Gasteiger partial charge in [0, 0.05) is 45.0 Å². The lowest BCUT2D eigenvalue weighted by Gasteiger charge is -2.37. The zero-order valence-electron chi connectivity index (χ0n) is 16.4. The number of aryl methyl sites for hydroxylation is 1. The average Bonchev–Trinajstić information content (AvgIpc) is 2.97. The van der Waals surface area contributed by atoms with Gasteiger partial charge in [0.05, 0.1) is 5.69 Å². The minimum atomic E-state index is 0. The fraction of sp³-hybridized carbons (Fsp3) is 0.600. The molecule has 5 nitrogen and oxygen atoms in total. The summed E-state index contributed by atoms with van der Waals surface area (Å²) in [6.07, 6.45) is 6.37. The Bertz CT molecular complexity index is 729. The molecule has 26 heavy (non-hydrogen) atoms. The highest BCUT2D eigenvalue weighted by atomic mass is 127. The Kier molecular flexibility index (Phi) is 7.73. The quantitative estimate of drug-likeness (QED) is 0.422. The van der Waals surface area contributed by atoms with Crippen LogP contribution in [0.25, 0.3) is 5.65 Å². The van der Waals surface area contributed by atoms with E-state index in [4.69, 9.17) is 9.98 Å². The highest BCUT2D eigenvalue weighted by Crippen LogP contribution is 2.21. The van der Waals surface area contributed by atoms with Gasteiger partial charge in [-0.05, 0) is 43.7 Å². The fourth-order valence-electron chi connectivity index (χ4n) is 3.86. The maximum Gasteiger partial charge on any atom is 0.193 e. The maximum absolute atomic E-state index is 4.88. The number of rotatable bonds is 4. The molecule has 0 amide bonds. The summed E-state index contributed by atoms with van der Waals surface area (Å²) >= 11 is 0. The molecule has 0 spiro atoms. The molecule has 0 radical (unpaired) electrons. The molecule has 1 fully saturated rings. The Morgan fingerprint density at radius 1 is 1.31 bits per heavy atom. The van der Waals surface area contributed by atoms with E-state index in [1.54, 1.807) is 0 Å². The largest absolute Gasteiger partial charge is 0.357 e. The topological polar surface area (TPSA) is 44.9 Å². The van der Waals surface area contributed by atoms with Crippen molar-refractivity contribution < 1.29 is 0 Å². The van der Waals surface area contributed by atoms with Gasteiger partial charge in [-0.2, -0.15) is 0 Å². The molecule has 2 aromatic heterocycles. The number of aromatic nitrogens is 2. The second-order valence-electron chi connectivity index (χ2n) is 7.49. The third-order valence-corrected chi connectivity index (χ3v) is 4.86. The normalized spacial score (nSPS) is 20.9. The van der Waals surface area contributed by atoms with E-state index >= 15 is 0 Å². The highest BCUT2D eigenvalue weighted by molar-refractivity contribution is 14.0. The van der Waals surface area contributed by atoms with Gasteiger partial charge in [-0.15, -0.1) is 24.0 Å². The highest BCUT2D eigenvalue weighted by Gasteiger charge is 2.23. The third-order valence-electron chi connectivity index (χ3n) is 4.86. The van der Waals surface area contributed by atoms with Crippen molar-refractivity contribution >= 4 is 35.6 Å². The van der Waals surface area contributed by atoms with Crippen molar-refractivity contribution in [2.24, 2.45) is 16.8 Å². The van der Waals surface area contributed by atoms with E-state index < -0.39 is 0 Å². The number of nitrogens with zero attached hydrogens (tertiary/aromatic N) is 4. The monoisotopic (exact) mass is 469 g/mol. The lowest BCUT2D eigenvalue weighted by atomic mass is 9.92. The van der Waals surface area contributed by atoms with Crippen LogP contribution in [-0.4, -0.2) is 46.4 Å². The first-order chi connectivity index (χ1) is 12.1. The Morgan fingerprint density at radius 2 is 2.04 bits per heavy atom. The first kappa shape index (κ1) is 21.0. The Labute approximate surface area is 174 Å². The summed E-state index contributed by atoms with van der Waals surface area (Å²) in [6.45, 7) is 12.8. The molecule has 0 saturated carbocycles. The minimum Gasteiger partial charge on any atom is -0.357 e. The number of piperidine rings is 1. The number of nitrogens with one attached hydrogen (secondary N) is 1. The summed E-state index contributed by atoms with van der Waals surface area (Å²) in [6, 6.07) is 4.17. The minimum absolute atomic E-state index is 0. The standard InChI is InChI=1S/C20H31N5.HI/c1-5-21-20(25-12-15(2)11-16(3)13-25)22-9-8-18-14-24-10-6-7-17(4)19(24)23-18;/h6-7,10,14-16H,5,8-9,11-13H2,1-4H3,(H,21,22);1H. The lowest BCUT2D eigenvalue weighted by Crippen LogP contribution is -2.48. The molecule has 0 aliphatic carbocycles. The third kappa shape index (κ3) is 5.11. The molecular formula is C20H32IN5. The summed E-state index contributed by atoms with van der Waals surface area (Å²) in [5.41, 5.74) is 3.36.